The molecular weight excluding hydrogens is 150 g/mol. The summed E-state index contributed by atoms with van der Waals surface area (Å²) in [6.07, 6.45) is 2.80. The van der Waals surface area contributed by atoms with E-state index < -0.39 is 0 Å². The summed E-state index contributed by atoms with van der Waals surface area (Å²) in [4.78, 5) is 7.25. The molecule has 0 amide bonds. The first-order valence-electron chi connectivity index (χ1n) is 4.03. The molecule has 2 heterocycles. The number of nitrogen functional groups attached to an aromatic ring is 1. The van der Waals surface area contributed by atoms with E-state index in [1.807, 2.05) is 12.3 Å². The van der Waals surface area contributed by atoms with Crippen LogP contribution in [0, 0.1) is 0 Å². The van der Waals surface area contributed by atoms with Crippen molar-refractivity contribution in [3.05, 3.63) is 23.9 Å². The van der Waals surface area contributed by atoms with Gasteiger partial charge in [0.2, 0.25) is 0 Å². The molecule has 0 aliphatic heterocycles. The lowest BCUT2D eigenvalue weighted by Crippen LogP contribution is -1.96. The number of nitrogens with one attached hydrogen (secondary N) is 1. The first-order valence-corrected chi connectivity index (χ1v) is 4.03. The number of hydrogen-bond donors (Lipinski definition) is 2. The zero-order chi connectivity index (χ0) is 8.55. The second-order valence-corrected chi connectivity index (χ2v) is 2.80. The molecule has 3 nitrogen and oxygen atoms in total. The normalized spacial score (nSPS) is 10.8. The highest BCUT2D eigenvalue weighted by atomic mass is 14.9. The van der Waals surface area contributed by atoms with E-state index in [0.717, 1.165) is 23.0 Å². The van der Waals surface area contributed by atoms with E-state index in [9.17, 15) is 0 Å². The summed E-state index contributed by atoms with van der Waals surface area (Å²) in [5.74, 6) is 0.632. The number of hydrogen-bond acceptors (Lipinski definition) is 2. The number of aryl methyl sites for hydroxylation is 1. The zero-order valence-electron chi connectivity index (χ0n) is 6.96. The van der Waals surface area contributed by atoms with Crippen molar-refractivity contribution in [3.8, 4) is 0 Å². The maximum atomic E-state index is 5.73. The van der Waals surface area contributed by atoms with Crippen molar-refractivity contribution < 1.29 is 0 Å². The number of pyridine rings is 1. The van der Waals surface area contributed by atoms with Gasteiger partial charge in [0.25, 0.3) is 0 Å². The minimum atomic E-state index is 0.632. The Morgan fingerprint density at radius 2 is 2.42 bits per heavy atom. The summed E-state index contributed by atoms with van der Waals surface area (Å²) < 4.78 is 0. The minimum Gasteiger partial charge on any atom is -0.383 e. The summed E-state index contributed by atoms with van der Waals surface area (Å²) >= 11 is 0. The molecule has 2 rings (SSSR count). The third-order valence-electron chi connectivity index (χ3n) is 2.03. The van der Waals surface area contributed by atoms with Gasteiger partial charge in [0.1, 0.15) is 11.5 Å². The van der Waals surface area contributed by atoms with Gasteiger partial charge in [0.05, 0.1) is 0 Å². The Bertz CT molecular complexity index is 403. The van der Waals surface area contributed by atoms with Crippen molar-refractivity contribution in [2.75, 3.05) is 5.73 Å². The summed E-state index contributed by atoms with van der Waals surface area (Å²) in [6, 6.07) is 4.08. The Morgan fingerprint density at radius 3 is 3.17 bits per heavy atom. The SMILES string of the molecule is CCc1cc2cc[nH]c2nc1N. The molecule has 0 unspecified atom stereocenters. The second-order valence-electron chi connectivity index (χ2n) is 2.80. The van der Waals surface area contributed by atoms with Gasteiger partial charge in [-0.25, -0.2) is 4.98 Å². The lowest BCUT2D eigenvalue weighted by Gasteiger charge is -2.00. The molecule has 2 aromatic heterocycles. The van der Waals surface area contributed by atoms with Crippen LogP contribution < -0.4 is 5.73 Å². The summed E-state index contributed by atoms with van der Waals surface area (Å²) in [5.41, 5.74) is 7.70. The Balaban J connectivity index is 2.73. The summed E-state index contributed by atoms with van der Waals surface area (Å²) in [7, 11) is 0. The highest BCUT2D eigenvalue weighted by Gasteiger charge is 2.01. The van der Waals surface area contributed by atoms with Gasteiger partial charge in [-0.2, -0.15) is 0 Å². The molecule has 3 heteroatoms. The predicted molar refractivity (Wildman–Crippen MR) is 49.9 cm³/mol. The zero-order valence-corrected chi connectivity index (χ0v) is 6.96. The number of fused-ring (bicyclic) bond motifs is 1. The minimum absolute atomic E-state index is 0.632. The first kappa shape index (κ1) is 7.16. The number of aromatic nitrogens is 2. The van der Waals surface area contributed by atoms with E-state index in [4.69, 9.17) is 5.73 Å². The van der Waals surface area contributed by atoms with Gasteiger partial charge in [0, 0.05) is 11.6 Å². The number of nitrogens with zero attached hydrogens (tertiary/aromatic N) is 1. The molecule has 0 fully saturated rings. The number of aromatic amines is 1. The van der Waals surface area contributed by atoms with Crippen molar-refractivity contribution in [1.82, 2.24) is 9.97 Å². The van der Waals surface area contributed by atoms with E-state index in [1.54, 1.807) is 0 Å². The smallest absolute Gasteiger partial charge is 0.139 e. The Hall–Kier alpha value is -1.51. The number of H-pyrrole nitrogens is 1. The molecule has 0 bridgehead atoms. The Kier molecular flexibility index (Phi) is 1.50. The maximum Gasteiger partial charge on any atom is 0.139 e. The van der Waals surface area contributed by atoms with E-state index in [1.165, 1.54) is 0 Å². The third-order valence-corrected chi connectivity index (χ3v) is 2.03. The monoisotopic (exact) mass is 161 g/mol. The van der Waals surface area contributed by atoms with E-state index in [-0.39, 0.29) is 0 Å². The second kappa shape index (κ2) is 2.52. The molecule has 12 heavy (non-hydrogen) atoms. The molecule has 0 aliphatic rings. The highest BCUT2D eigenvalue weighted by molar-refractivity contribution is 5.78. The quantitative estimate of drug-likeness (QED) is 0.669. The third kappa shape index (κ3) is 0.942. The van der Waals surface area contributed by atoms with Gasteiger partial charge >= 0.3 is 0 Å². The van der Waals surface area contributed by atoms with E-state index in [2.05, 4.69) is 23.0 Å². The lowest BCUT2D eigenvalue weighted by molar-refractivity contribution is 1.12. The van der Waals surface area contributed by atoms with Crippen LogP contribution in [-0.4, -0.2) is 9.97 Å². The van der Waals surface area contributed by atoms with Gasteiger partial charge in [-0.15, -0.1) is 0 Å². The first-order chi connectivity index (χ1) is 5.81. The topological polar surface area (TPSA) is 54.7 Å². The molecule has 0 saturated carbocycles. The molecule has 0 aliphatic carbocycles. The number of anilines is 1. The maximum absolute atomic E-state index is 5.73. The van der Waals surface area contributed by atoms with Crippen molar-refractivity contribution in [3.63, 3.8) is 0 Å². The van der Waals surface area contributed by atoms with Crippen LogP contribution in [0.3, 0.4) is 0 Å². The Labute approximate surface area is 70.6 Å². The van der Waals surface area contributed by atoms with Crippen LogP contribution in [0.4, 0.5) is 5.82 Å². The molecule has 0 atom stereocenters. The van der Waals surface area contributed by atoms with Gasteiger partial charge in [0.15, 0.2) is 0 Å². The van der Waals surface area contributed by atoms with Crippen molar-refractivity contribution in [1.29, 1.82) is 0 Å². The van der Waals surface area contributed by atoms with Crippen LogP contribution in [-0.2, 0) is 6.42 Å². The van der Waals surface area contributed by atoms with Gasteiger partial charge < -0.3 is 10.7 Å². The molecule has 0 spiro atoms. The fourth-order valence-corrected chi connectivity index (χ4v) is 1.32. The molecule has 0 aromatic carbocycles. The van der Waals surface area contributed by atoms with Crippen molar-refractivity contribution in [2.45, 2.75) is 13.3 Å². The van der Waals surface area contributed by atoms with Crippen LogP contribution in [0.2, 0.25) is 0 Å². The Morgan fingerprint density at radius 1 is 1.58 bits per heavy atom. The molecule has 0 saturated heterocycles. The highest BCUT2D eigenvalue weighted by Crippen LogP contribution is 2.17. The summed E-state index contributed by atoms with van der Waals surface area (Å²) in [5, 5.41) is 1.13. The average Bonchev–Trinajstić information content (AvgIpc) is 2.49. The molecule has 2 aromatic rings. The van der Waals surface area contributed by atoms with E-state index >= 15 is 0 Å². The van der Waals surface area contributed by atoms with Crippen molar-refractivity contribution >= 4 is 16.9 Å². The number of nitrogens with two attached hydrogens (primary N) is 1. The standard InChI is InChI=1S/C9H11N3/c1-2-6-5-7-3-4-11-9(7)12-8(6)10/h3-5H,2H2,1H3,(H3,10,11,12). The van der Waals surface area contributed by atoms with E-state index in [0.29, 0.717) is 5.82 Å². The van der Waals surface area contributed by atoms with Crippen LogP contribution in [0.5, 0.6) is 0 Å². The lowest BCUT2D eigenvalue weighted by atomic mass is 10.2. The molecular formula is C9H11N3. The summed E-state index contributed by atoms with van der Waals surface area (Å²) in [6.45, 7) is 2.08. The number of rotatable bonds is 1. The largest absolute Gasteiger partial charge is 0.383 e. The van der Waals surface area contributed by atoms with Crippen LogP contribution in [0.1, 0.15) is 12.5 Å². The predicted octanol–water partition coefficient (Wildman–Crippen LogP) is 1.71. The van der Waals surface area contributed by atoms with Gasteiger partial charge in [-0.3, -0.25) is 0 Å². The van der Waals surface area contributed by atoms with Crippen molar-refractivity contribution in [2.24, 2.45) is 0 Å². The fraction of sp³-hybridized carbons (Fsp3) is 0.222. The average molecular weight is 161 g/mol. The fourth-order valence-electron chi connectivity index (χ4n) is 1.32. The van der Waals surface area contributed by atoms with Crippen LogP contribution in [0.25, 0.3) is 11.0 Å². The van der Waals surface area contributed by atoms with Crippen LogP contribution in [0.15, 0.2) is 18.3 Å². The molecule has 62 valence electrons. The van der Waals surface area contributed by atoms with Gasteiger partial charge in [-0.1, -0.05) is 6.92 Å². The van der Waals surface area contributed by atoms with Crippen LogP contribution >= 0.6 is 0 Å². The van der Waals surface area contributed by atoms with Gasteiger partial charge in [-0.05, 0) is 24.1 Å². The molecule has 0 radical (unpaired) electrons. The molecule has 3 N–H and O–H groups in total.